The fourth-order valence-corrected chi connectivity index (χ4v) is 1.06. The van der Waals surface area contributed by atoms with Crippen LogP contribution in [0.2, 0.25) is 0 Å². The van der Waals surface area contributed by atoms with Crippen molar-refractivity contribution in [2.24, 2.45) is 0 Å². The number of methoxy groups -OCH3 is 1. The first-order valence-corrected chi connectivity index (χ1v) is 4.34. The predicted octanol–water partition coefficient (Wildman–Crippen LogP) is 0.946. The highest BCUT2D eigenvalue weighted by atomic mass is 16.6. The topological polar surface area (TPSA) is 62.6 Å². The normalized spacial score (nSPS) is 14.1. The van der Waals surface area contributed by atoms with E-state index in [1.807, 2.05) is 0 Å². The minimum absolute atomic E-state index is 0.534. The van der Waals surface area contributed by atoms with Crippen molar-refractivity contribution in [3.05, 3.63) is 29.6 Å². The molecule has 14 heavy (non-hydrogen) atoms. The third kappa shape index (κ3) is 2.51. The molecule has 0 aliphatic heterocycles. The summed E-state index contributed by atoms with van der Waals surface area (Å²) in [5.41, 5.74) is 0.217. The average Bonchev–Trinajstić information content (AvgIpc) is 2.15. The molecule has 78 valence electrons. The van der Waals surface area contributed by atoms with Gasteiger partial charge in [-0.2, -0.15) is 0 Å². The molecular formula is C10H15NO3. The molecule has 1 unspecified atom stereocenters. The van der Waals surface area contributed by atoms with Crippen molar-refractivity contribution in [2.45, 2.75) is 25.7 Å². The summed E-state index contributed by atoms with van der Waals surface area (Å²) in [4.78, 5) is 3.92. The third-order valence-corrected chi connectivity index (χ3v) is 1.97. The Hall–Kier alpha value is -0.970. The van der Waals surface area contributed by atoms with Crippen LogP contribution < -0.4 is 0 Å². The van der Waals surface area contributed by atoms with Gasteiger partial charge in [-0.15, -0.1) is 0 Å². The van der Waals surface area contributed by atoms with E-state index < -0.39 is 11.9 Å². The summed E-state index contributed by atoms with van der Waals surface area (Å²) in [6, 6.07) is 1.67. The maximum atomic E-state index is 9.71. The molecule has 0 radical (unpaired) electrons. The molecule has 1 atom stereocenters. The number of aromatic nitrogens is 1. The van der Waals surface area contributed by atoms with Crippen LogP contribution in [-0.4, -0.2) is 22.3 Å². The first-order valence-electron chi connectivity index (χ1n) is 4.34. The van der Waals surface area contributed by atoms with E-state index >= 15 is 0 Å². The standard InChI is InChI=1S/C10H15NO3/c1-10(2,13)8-4-7(5-11-6-8)9(12)14-3/h4-6,9,12-13H,1-3H3. The van der Waals surface area contributed by atoms with Gasteiger partial charge in [0.25, 0.3) is 0 Å². The van der Waals surface area contributed by atoms with Crippen LogP contribution in [0, 0.1) is 0 Å². The van der Waals surface area contributed by atoms with Crippen LogP contribution in [0.3, 0.4) is 0 Å². The number of aliphatic hydroxyl groups excluding tert-OH is 1. The summed E-state index contributed by atoms with van der Waals surface area (Å²) < 4.78 is 4.74. The number of rotatable bonds is 3. The minimum Gasteiger partial charge on any atom is -0.386 e. The number of pyridine rings is 1. The molecule has 0 saturated carbocycles. The van der Waals surface area contributed by atoms with E-state index in [4.69, 9.17) is 4.74 Å². The smallest absolute Gasteiger partial charge is 0.182 e. The van der Waals surface area contributed by atoms with Crippen molar-refractivity contribution < 1.29 is 14.9 Å². The summed E-state index contributed by atoms with van der Waals surface area (Å²) in [5, 5.41) is 19.1. The molecular weight excluding hydrogens is 182 g/mol. The molecule has 1 aromatic rings. The molecule has 1 rings (SSSR count). The molecule has 0 amide bonds. The Kier molecular flexibility index (Phi) is 3.21. The summed E-state index contributed by atoms with van der Waals surface area (Å²) >= 11 is 0. The van der Waals surface area contributed by atoms with Gasteiger partial charge in [-0.3, -0.25) is 4.98 Å². The highest BCUT2D eigenvalue weighted by Gasteiger charge is 2.18. The second kappa shape index (κ2) is 4.04. The van der Waals surface area contributed by atoms with Gasteiger partial charge in [-0.25, -0.2) is 0 Å². The van der Waals surface area contributed by atoms with Crippen molar-refractivity contribution in [1.82, 2.24) is 4.98 Å². The Morgan fingerprint density at radius 2 is 2.07 bits per heavy atom. The van der Waals surface area contributed by atoms with E-state index in [2.05, 4.69) is 4.98 Å². The lowest BCUT2D eigenvalue weighted by molar-refractivity contribution is -0.0773. The Morgan fingerprint density at radius 1 is 1.43 bits per heavy atom. The van der Waals surface area contributed by atoms with Crippen molar-refractivity contribution in [2.75, 3.05) is 7.11 Å². The maximum Gasteiger partial charge on any atom is 0.182 e. The van der Waals surface area contributed by atoms with Crippen LogP contribution >= 0.6 is 0 Å². The lowest BCUT2D eigenvalue weighted by Crippen LogP contribution is -2.16. The second-order valence-corrected chi connectivity index (χ2v) is 3.65. The van der Waals surface area contributed by atoms with E-state index in [1.54, 1.807) is 26.1 Å². The zero-order valence-corrected chi connectivity index (χ0v) is 8.56. The maximum absolute atomic E-state index is 9.71. The lowest BCUT2D eigenvalue weighted by atomic mass is 9.99. The van der Waals surface area contributed by atoms with Crippen molar-refractivity contribution in [1.29, 1.82) is 0 Å². The van der Waals surface area contributed by atoms with E-state index in [-0.39, 0.29) is 0 Å². The van der Waals surface area contributed by atoms with Gasteiger partial charge < -0.3 is 14.9 Å². The van der Waals surface area contributed by atoms with Gasteiger partial charge in [0.05, 0.1) is 5.60 Å². The summed E-state index contributed by atoms with van der Waals surface area (Å²) in [7, 11) is 1.40. The van der Waals surface area contributed by atoms with Gasteiger partial charge in [0, 0.05) is 30.6 Å². The van der Waals surface area contributed by atoms with Crippen LogP contribution in [0.15, 0.2) is 18.5 Å². The Morgan fingerprint density at radius 3 is 2.57 bits per heavy atom. The number of hydrogen-bond acceptors (Lipinski definition) is 4. The van der Waals surface area contributed by atoms with Gasteiger partial charge in [0.1, 0.15) is 0 Å². The van der Waals surface area contributed by atoms with Crippen LogP contribution in [0.25, 0.3) is 0 Å². The Balaban J connectivity index is 3.01. The van der Waals surface area contributed by atoms with Gasteiger partial charge in [-0.1, -0.05) is 0 Å². The van der Waals surface area contributed by atoms with Gasteiger partial charge >= 0.3 is 0 Å². The zero-order chi connectivity index (χ0) is 10.8. The SMILES string of the molecule is COC(O)c1cncc(C(C)(C)O)c1. The minimum atomic E-state index is -0.996. The highest BCUT2D eigenvalue weighted by molar-refractivity contribution is 5.23. The largest absolute Gasteiger partial charge is 0.386 e. The third-order valence-electron chi connectivity index (χ3n) is 1.97. The van der Waals surface area contributed by atoms with Crippen LogP contribution in [-0.2, 0) is 10.3 Å². The first kappa shape index (κ1) is 11.1. The number of hydrogen-bond donors (Lipinski definition) is 2. The number of nitrogens with zero attached hydrogens (tertiary/aromatic N) is 1. The van der Waals surface area contributed by atoms with Crippen LogP contribution in [0.5, 0.6) is 0 Å². The van der Waals surface area contributed by atoms with Gasteiger partial charge in [0.15, 0.2) is 6.29 Å². The fraction of sp³-hybridized carbons (Fsp3) is 0.500. The molecule has 0 saturated heterocycles. The van der Waals surface area contributed by atoms with E-state index in [9.17, 15) is 10.2 Å². The Labute approximate surface area is 83.2 Å². The molecule has 0 aromatic carbocycles. The summed E-state index contributed by atoms with van der Waals surface area (Å²) in [5.74, 6) is 0. The van der Waals surface area contributed by atoms with E-state index in [0.717, 1.165) is 0 Å². The molecule has 0 aliphatic carbocycles. The zero-order valence-electron chi connectivity index (χ0n) is 8.56. The van der Waals surface area contributed by atoms with Crippen molar-refractivity contribution >= 4 is 0 Å². The van der Waals surface area contributed by atoms with Crippen molar-refractivity contribution in [3.63, 3.8) is 0 Å². The average molecular weight is 197 g/mol. The lowest BCUT2D eigenvalue weighted by Gasteiger charge is -2.18. The van der Waals surface area contributed by atoms with Gasteiger partial charge in [-0.05, 0) is 19.9 Å². The van der Waals surface area contributed by atoms with E-state index in [0.29, 0.717) is 11.1 Å². The molecule has 1 aromatic heterocycles. The quantitative estimate of drug-likeness (QED) is 0.708. The molecule has 2 N–H and O–H groups in total. The molecule has 0 fully saturated rings. The molecule has 4 nitrogen and oxygen atoms in total. The second-order valence-electron chi connectivity index (χ2n) is 3.65. The number of aliphatic hydroxyl groups is 2. The molecule has 4 heteroatoms. The van der Waals surface area contributed by atoms with Crippen molar-refractivity contribution in [3.8, 4) is 0 Å². The number of ether oxygens (including phenoxy) is 1. The predicted molar refractivity (Wildman–Crippen MR) is 51.5 cm³/mol. The summed E-state index contributed by atoms with van der Waals surface area (Å²) in [6.45, 7) is 3.32. The first-order chi connectivity index (χ1) is 6.45. The molecule has 0 aliphatic rings. The highest BCUT2D eigenvalue weighted by Crippen LogP contribution is 2.22. The molecule has 0 spiro atoms. The monoisotopic (exact) mass is 197 g/mol. The fourth-order valence-electron chi connectivity index (χ4n) is 1.06. The molecule has 1 heterocycles. The summed E-state index contributed by atoms with van der Waals surface area (Å²) in [6.07, 6.45) is 2.07. The van der Waals surface area contributed by atoms with Gasteiger partial charge in [0.2, 0.25) is 0 Å². The van der Waals surface area contributed by atoms with Crippen LogP contribution in [0.4, 0.5) is 0 Å². The molecule has 0 bridgehead atoms. The van der Waals surface area contributed by atoms with E-state index in [1.165, 1.54) is 13.3 Å². The Bertz CT molecular complexity index is 306. The van der Waals surface area contributed by atoms with Crippen LogP contribution in [0.1, 0.15) is 31.3 Å².